The van der Waals surface area contributed by atoms with Gasteiger partial charge in [0, 0.05) is 32.2 Å². The van der Waals surface area contributed by atoms with Gasteiger partial charge in [0.1, 0.15) is 0 Å². The van der Waals surface area contributed by atoms with Gasteiger partial charge in [0.05, 0.1) is 23.3 Å². The van der Waals surface area contributed by atoms with Crippen molar-refractivity contribution in [1.29, 1.82) is 0 Å². The van der Waals surface area contributed by atoms with Gasteiger partial charge in [-0.2, -0.15) is 0 Å². The SMILES string of the molecule is Cc1nc2ccccc2nc1N1CCCN(CC(=O)NC(C)C)CC1. The summed E-state index contributed by atoms with van der Waals surface area (Å²) in [5.74, 6) is 1.07. The highest BCUT2D eigenvalue weighted by Gasteiger charge is 2.20. The highest BCUT2D eigenvalue weighted by atomic mass is 16.2. The average molecular weight is 341 g/mol. The van der Waals surface area contributed by atoms with Crippen molar-refractivity contribution in [2.75, 3.05) is 37.6 Å². The van der Waals surface area contributed by atoms with Crippen LogP contribution in [0, 0.1) is 6.92 Å². The summed E-state index contributed by atoms with van der Waals surface area (Å²) in [5, 5.41) is 2.97. The Kier molecular flexibility index (Phi) is 5.48. The molecule has 0 radical (unpaired) electrons. The van der Waals surface area contributed by atoms with Crippen LogP contribution in [-0.2, 0) is 4.79 Å². The third kappa shape index (κ3) is 4.45. The molecule has 0 aliphatic carbocycles. The lowest BCUT2D eigenvalue weighted by molar-refractivity contribution is -0.122. The van der Waals surface area contributed by atoms with E-state index in [-0.39, 0.29) is 11.9 Å². The fourth-order valence-electron chi connectivity index (χ4n) is 3.29. The Hall–Kier alpha value is -2.21. The van der Waals surface area contributed by atoms with Crippen LogP contribution in [0.4, 0.5) is 5.82 Å². The highest BCUT2D eigenvalue weighted by molar-refractivity contribution is 5.78. The summed E-state index contributed by atoms with van der Waals surface area (Å²) in [6.07, 6.45) is 1.02. The third-order valence-corrected chi connectivity index (χ3v) is 4.42. The average Bonchev–Trinajstić information content (AvgIpc) is 2.79. The number of anilines is 1. The van der Waals surface area contributed by atoms with Crippen molar-refractivity contribution in [3.63, 3.8) is 0 Å². The molecule has 134 valence electrons. The van der Waals surface area contributed by atoms with Crippen LogP contribution in [0.1, 0.15) is 26.0 Å². The molecule has 0 saturated carbocycles. The van der Waals surface area contributed by atoms with Gasteiger partial charge in [-0.05, 0) is 39.3 Å². The number of nitrogens with one attached hydrogen (secondary N) is 1. The summed E-state index contributed by atoms with van der Waals surface area (Å²) in [7, 11) is 0. The van der Waals surface area contributed by atoms with Crippen LogP contribution in [0.25, 0.3) is 11.0 Å². The second kappa shape index (κ2) is 7.78. The van der Waals surface area contributed by atoms with Crippen LogP contribution in [0.2, 0.25) is 0 Å². The first-order valence-corrected chi connectivity index (χ1v) is 9.03. The molecule has 1 fully saturated rings. The maximum absolute atomic E-state index is 12.0. The van der Waals surface area contributed by atoms with Gasteiger partial charge in [-0.1, -0.05) is 12.1 Å². The molecule has 1 aromatic carbocycles. The van der Waals surface area contributed by atoms with Gasteiger partial charge < -0.3 is 10.2 Å². The van der Waals surface area contributed by atoms with Gasteiger partial charge >= 0.3 is 0 Å². The third-order valence-electron chi connectivity index (χ3n) is 4.42. The van der Waals surface area contributed by atoms with E-state index in [4.69, 9.17) is 9.97 Å². The second-order valence-electron chi connectivity index (χ2n) is 6.96. The molecule has 6 nitrogen and oxygen atoms in total. The van der Waals surface area contributed by atoms with Crippen LogP contribution in [0.15, 0.2) is 24.3 Å². The van der Waals surface area contributed by atoms with Gasteiger partial charge in [0.25, 0.3) is 0 Å². The van der Waals surface area contributed by atoms with Crippen molar-refractivity contribution >= 4 is 22.8 Å². The molecule has 0 atom stereocenters. The lowest BCUT2D eigenvalue weighted by Crippen LogP contribution is -2.41. The van der Waals surface area contributed by atoms with Crippen molar-refractivity contribution in [2.45, 2.75) is 33.2 Å². The molecule has 1 N–H and O–H groups in total. The standard InChI is InChI=1S/C19H27N5O/c1-14(2)20-18(25)13-23-9-6-10-24(12-11-23)19-15(3)21-16-7-4-5-8-17(16)22-19/h4-5,7-8,14H,6,9-13H2,1-3H3,(H,20,25). The van der Waals surface area contributed by atoms with E-state index < -0.39 is 0 Å². The normalized spacial score (nSPS) is 16.2. The lowest BCUT2D eigenvalue weighted by atomic mass is 10.2. The van der Waals surface area contributed by atoms with Gasteiger partial charge in [0.15, 0.2) is 5.82 Å². The number of fused-ring (bicyclic) bond motifs is 1. The number of aromatic nitrogens is 2. The molecule has 6 heteroatoms. The molecular weight excluding hydrogens is 314 g/mol. The Morgan fingerprint density at radius 3 is 2.56 bits per heavy atom. The topological polar surface area (TPSA) is 61.4 Å². The monoisotopic (exact) mass is 341 g/mol. The van der Waals surface area contributed by atoms with Crippen molar-refractivity contribution in [3.8, 4) is 0 Å². The van der Waals surface area contributed by atoms with Gasteiger partial charge in [0.2, 0.25) is 5.91 Å². The molecule has 1 aliphatic heterocycles. The van der Waals surface area contributed by atoms with Crippen LogP contribution in [0.5, 0.6) is 0 Å². The lowest BCUT2D eigenvalue weighted by Gasteiger charge is -2.24. The summed E-state index contributed by atoms with van der Waals surface area (Å²) in [6, 6.07) is 8.17. The van der Waals surface area contributed by atoms with Crippen LogP contribution in [-0.4, -0.2) is 59.5 Å². The number of rotatable bonds is 4. The van der Waals surface area contributed by atoms with E-state index in [2.05, 4.69) is 15.1 Å². The number of amides is 1. The molecular formula is C19H27N5O. The van der Waals surface area contributed by atoms with Gasteiger partial charge in [-0.3, -0.25) is 9.69 Å². The molecule has 2 heterocycles. The first kappa shape index (κ1) is 17.6. The van der Waals surface area contributed by atoms with Crippen LogP contribution < -0.4 is 10.2 Å². The van der Waals surface area contributed by atoms with Crippen molar-refractivity contribution in [3.05, 3.63) is 30.0 Å². The van der Waals surface area contributed by atoms with E-state index in [9.17, 15) is 4.79 Å². The molecule has 2 aromatic rings. The predicted octanol–water partition coefficient (Wildman–Crippen LogP) is 1.97. The van der Waals surface area contributed by atoms with Crippen molar-refractivity contribution < 1.29 is 4.79 Å². The summed E-state index contributed by atoms with van der Waals surface area (Å²) in [4.78, 5) is 26.1. The van der Waals surface area contributed by atoms with E-state index in [1.54, 1.807) is 0 Å². The Bertz CT molecular complexity index is 746. The number of para-hydroxylation sites is 2. The first-order chi connectivity index (χ1) is 12.0. The van der Waals surface area contributed by atoms with Crippen molar-refractivity contribution in [2.24, 2.45) is 0 Å². The molecule has 25 heavy (non-hydrogen) atoms. The number of nitrogens with zero attached hydrogens (tertiary/aromatic N) is 4. The number of carbonyl (C=O) groups excluding carboxylic acids is 1. The van der Waals surface area contributed by atoms with E-state index >= 15 is 0 Å². The molecule has 1 aliphatic rings. The van der Waals surface area contributed by atoms with Gasteiger partial charge in [-0.15, -0.1) is 0 Å². The van der Waals surface area contributed by atoms with E-state index in [1.807, 2.05) is 45.0 Å². The molecule has 1 saturated heterocycles. The van der Waals surface area contributed by atoms with Gasteiger partial charge in [-0.25, -0.2) is 9.97 Å². The molecule has 0 unspecified atom stereocenters. The minimum atomic E-state index is 0.102. The highest BCUT2D eigenvalue weighted by Crippen LogP contribution is 2.21. The number of carbonyl (C=O) groups is 1. The van der Waals surface area contributed by atoms with E-state index in [1.165, 1.54) is 0 Å². The maximum atomic E-state index is 12.0. The Labute approximate surface area is 149 Å². The molecule has 1 aromatic heterocycles. The number of hydrogen-bond acceptors (Lipinski definition) is 5. The number of benzene rings is 1. The Morgan fingerprint density at radius 2 is 1.84 bits per heavy atom. The minimum Gasteiger partial charge on any atom is -0.354 e. The predicted molar refractivity (Wildman–Crippen MR) is 101 cm³/mol. The summed E-state index contributed by atoms with van der Waals surface area (Å²) in [5.41, 5.74) is 2.83. The van der Waals surface area contributed by atoms with E-state index in [0.29, 0.717) is 6.54 Å². The molecule has 0 spiro atoms. The Balaban J connectivity index is 1.69. The zero-order valence-electron chi connectivity index (χ0n) is 15.3. The Morgan fingerprint density at radius 1 is 1.12 bits per heavy atom. The van der Waals surface area contributed by atoms with Crippen LogP contribution >= 0.6 is 0 Å². The number of aryl methyl sites for hydroxylation is 1. The van der Waals surface area contributed by atoms with Crippen LogP contribution in [0.3, 0.4) is 0 Å². The largest absolute Gasteiger partial charge is 0.354 e. The quantitative estimate of drug-likeness (QED) is 0.921. The minimum absolute atomic E-state index is 0.102. The summed E-state index contributed by atoms with van der Waals surface area (Å²) >= 11 is 0. The molecule has 0 bridgehead atoms. The fourth-order valence-corrected chi connectivity index (χ4v) is 3.29. The smallest absolute Gasteiger partial charge is 0.234 e. The van der Waals surface area contributed by atoms with E-state index in [0.717, 1.165) is 55.1 Å². The first-order valence-electron chi connectivity index (χ1n) is 9.03. The van der Waals surface area contributed by atoms with Crippen molar-refractivity contribution in [1.82, 2.24) is 20.2 Å². The maximum Gasteiger partial charge on any atom is 0.234 e. The fraction of sp³-hybridized carbons (Fsp3) is 0.526. The molecule has 1 amide bonds. The second-order valence-corrected chi connectivity index (χ2v) is 6.96. The molecule has 3 rings (SSSR count). The zero-order valence-corrected chi connectivity index (χ0v) is 15.3. The summed E-state index contributed by atoms with van der Waals surface area (Å²) < 4.78 is 0. The summed E-state index contributed by atoms with van der Waals surface area (Å²) in [6.45, 7) is 10.1. The zero-order chi connectivity index (χ0) is 17.8. The number of hydrogen-bond donors (Lipinski definition) is 1.